The summed E-state index contributed by atoms with van der Waals surface area (Å²) in [6.07, 6.45) is 2.24. The zero-order valence-corrected chi connectivity index (χ0v) is 10.2. The molecular formula is C10H15N3O2S. The quantitative estimate of drug-likeness (QED) is 0.646. The smallest absolute Gasteiger partial charge is 0.328 e. The molecule has 1 N–H and O–H groups in total. The molecule has 6 heteroatoms. The fourth-order valence-corrected chi connectivity index (χ4v) is 1.99. The molecular weight excluding hydrogens is 226 g/mol. The maximum Gasteiger partial charge on any atom is 0.328 e. The zero-order chi connectivity index (χ0) is 11.7. The van der Waals surface area contributed by atoms with E-state index in [0.717, 1.165) is 18.7 Å². The first kappa shape index (κ1) is 11.3. The molecule has 0 amide bonds. The molecule has 1 heterocycles. The third-order valence-electron chi connectivity index (χ3n) is 2.69. The van der Waals surface area contributed by atoms with E-state index in [1.807, 2.05) is 0 Å². The Morgan fingerprint density at radius 3 is 3.00 bits per heavy atom. The van der Waals surface area contributed by atoms with Crippen LogP contribution in [0.4, 0.5) is 0 Å². The minimum absolute atomic E-state index is 0.262. The Kier molecular flexibility index (Phi) is 3.09. The first-order chi connectivity index (χ1) is 7.65. The van der Waals surface area contributed by atoms with E-state index >= 15 is 0 Å². The second-order valence-electron chi connectivity index (χ2n) is 3.96. The molecule has 1 aliphatic carbocycles. The minimum atomic E-state index is -0.401. The van der Waals surface area contributed by atoms with E-state index in [1.54, 1.807) is 18.4 Å². The summed E-state index contributed by atoms with van der Waals surface area (Å²) in [6, 6.07) is -0.401. The molecule has 1 unspecified atom stereocenters. The van der Waals surface area contributed by atoms with E-state index in [4.69, 9.17) is 17.0 Å². The molecule has 0 aliphatic heterocycles. The van der Waals surface area contributed by atoms with E-state index in [0.29, 0.717) is 17.3 Å². The predicted octanol–water partition coefficient (Wildman–Crippen LogP) is 1.94. The lowest BCUT2D eigenvalue weighted by atomic mass is 10.3. The molecule has 0 saturated heterocycles. The lowest BCUT2D eigenvalue weighted by Gasteiger charge is -2.13. The molecule has 16 heavy (non-hydrogen) atoms. The normalized spacial score (nSPS) is 17.1. The van der Waals surface area contributed by atoms with Gasteiger partial charge >= 0.3 is 5.97 Å². The molecule has 1 saturated carbocycles. The Balaban J connectivity index is 2.27. The summed E-state index contributed by atoms with van der Waals surface area (Å²) in [7, 11) is 0. The van der Waals surface area contributed by atoms with Gasteiger partial charge in [0.25, 0.3) is 0 Å². The van der Waals surface area contributed by atoms with Crippen molar-refractivity contribution in [2.45, 2.75) is 38.6 Å². The van der Waals surface area contributed by atoms with Crippen LogP contribution >= 0.6 is 12.2 Å². The molecule has 1 aromatic heterocycles. The molecule has 5 nitrogen and oxygen atoms in total. The molecule has 88 valence electrons. The molecule has 0 spiro atoms. The number of H-pyrrole nitrogens is 1. The summed E-state index contributed by atoms with van der Waals surface area (Å²) in [5.74, 6) is 1.07. The van der Waals surface area contributed by atoms with Crippen molar-refractivity contribution in [2.24, 2.45) is 0 Å². The molecule has 0 aromatic carbocycles. The predicted molar refractivity (Wildman–Crippen MR) is 60.7 cm³/mol. The highest BCUT2D eigenvalue weighted by Gasteiger charge is 2.32. The minimum Gasteiger partial charge on any atom is -0.464 e. The van der Waals surface area contributed by atoms with Crippen LogP contribution in [0.2, 0.25) is 0 Å². The Morgan fingerprint density at radius 1 is 1.75 bits per heavy atom. The monoisotopic (exact) mass is 241 g/mol. The van der Waals surface area contributed by atoms with Gasteiger partial charge in [0.15, 0.2) is 4.77 Å². The number of hydrogen-bond donors (Lipinski definition) is 1. The van der Waals surface area contributed by atoms with Crippen molar-refractivity contribution in [1.82, 2.24) is 14.8 Å². The number of aromatic nitrogens is 3. The fourth-order valence-electron chi connectivity index (χ4n) is 1.69. The standard InChI is InChI=1S/C10H15N3O2S/c1-3-15-9(14)6(2)13-8(7-4-5-7)11-12-10(13)16/h6-7H,3-5H2,1-2H3,(H,12,16). The number of carbonyl (C=O) groups is 1. The second-order valence-corrected chi connectivity index (χ2v) is 4.35. The number of aromatic amines is 1. The van der Waals surface area contributed by atoms with Crippen LogP contribution in [0.5, 0.6) is 0 Å². The average molecular weight is 241 g/mol. The summed E-state index contributed by atoms with van der Waals surface area (Å²) in [4.78, 5) is 11.7. The highest BCUT2D eigenvalue weighted by atomic mass is 32.1. The Labute approximate surface area is 98.8 Å². The largest absolute Gasteiger partial charge is 0.464 e. The van der Waals surface area contributed by atoms with Crippen molar-refractivity contribution >= 4 is 18.2 Å². The van der Waals surface area contributed by atoms with Crippen LogP contribution in [0.15, 0.2) is 0 Å². The van der Waals surface area contributed by atoms with E-state index < -0.39 is 6.04 Å². The van der Waals surface area contributed by atoms with Crippen LogP contribution in [0, 0.1) is 4.77 Å². The van der Waals surface area contributed by atoms with Crippen LogP contribution in [-0.4, -0.2) is 27.3 Å². The van der Waals surface area contributed by atoms with Gasteiger partial charge in [0.1, 0.15) is 11.9 Å². The lowest BCUT2D eigenvalue weighted by molar-refractivity contribution is -0.146. The van der Waals surface area contributed by atoms with Gasteiger partial charge in [0, 0.05) is 5.92 Å². The zero-order valence-electron chi connectivity index (χ0n) is 9.40. The van der Waals surface area contributed by atoms with Crippen molar-refractivity contribution in [3.05, 3.63) is 10.6 Å². The van der Waals surface area contributed by atoms with Crippen LogP contribution in [0.3, 0.4) is 0 Å². The van der Waals surface area contributed by atoms with Crippen LogP contribution in [-0.2, 0) is 9.53 Å². The summed E-state index contributed by atoms with van der Waals surface area (Å²) < 4.78 is 7.25. The maximum absolute atomic E-state index is 11.7. The van der Waals surface area contributed by atoms with Crippen LogP contribution in [0.1, 0.15) is 44.5 Å². The number of rotatable bonds is 4. The summed E-state index contributed by atoms with van der Waals surface area (Å²) in [5, 5.41) is 6.92. The number of ether oxygens (including phenoxy) is 1. The molecule has 1 aromatic rings. The summed E-state index contributed by atoms with van der Waals surface area (Å²) in [6.45, 7) is 3.96. The van der Waals surface area contributed by atoms with Crippen LogP contribution in [0.25, 0.3) is 0 Å². The number of nitrogens with one attached hydrogen (secondary N) is 1. The van der Waals surface area contributed by atoms with Gasteiger partial charge in [-0.2, -0.15) is 5.10 Å². The topological polar surface area (TPSA) is 59.9 Å². The first-order valence-electron chi connectivity index (χ1n) is 5.48. The molecule has 0 bridgehead atoms. The van der Waals surface area contributed by atoms with Crippen molar-refractivity contribution in [3.8, 4) is 0 Å². The Hall–Kier alpha value is -1.17. The number of hydrogen-bond acceptors (Lipinski definition) is 4. The average Bonchev–Trinajstić information content (AvgIpc) is 3.02. The summed E-state index contributed by atoms with van der Waals surface area (Å²) >= 11 is 5.14. The molecule has 2 rings (SSSR count). The van der Waals surface area contributed by atoms with Gasteiger partial charge in [-0.05, 0) is 38.9 Å². The molecule has 1 fully saturated rings. The third kappa shape index (κ3) is 2.02. The van der Waals surface area contributed by atoms with Gasteiger partial charge in [-0.15, -0.1) is 0 Å². The van der Waals surface area contributed by atoms with Gasteiger partial charge in [-0.1, -0.05) is 0 Å². The number of carbonyl (C=O) groups excluding carboxylic acids is 1. The third-order valence-corrected chi connectivity index (χ3v) is 2.98. The van der Waals surface area contributed by atoms with Crippen molar-refractivity contribution in [2.75, 3.05) is 6.61 Å². The first-order valence-corrected chi connectivity index (χ1v) is 5.89. The van der Waals surface area contributed by atoms with Gasteiger partial charge in [-0.3, -0.25) is 9.67 Å². The number of esters is 1. The lowest BCUT2D eigenvalue weighted by Crippen LogP contribution is -2.21. The van der Waals surface area contributed by atoms with Gasteiger partial charge < -0.3 is 4.74 Å². The van der Waals surface area contributed by atoms with Crippen molar-refractivity contribution in [3.63, 3.8) is 0 Å². The Bertz CT molecular complexity index is 447. The van der Waals surface area contributed by atoms with Gasteiger partial charge in [-0.25, -0.2) is 4.79 Å². The highest BCUT2D eigenvalue weighted by molar-refractivity contribution is 7.71. The van der Waals surface area contributed by atoms with Gasteiger partial charge in [0.05, 0.1) is 6.61 Å². The van der Waals surface area contributed by atoms with Crippen molar-refractivity contribution < 1.29 is 9.53 Å². The van der Waals surface area contributed by atoms with E-state index in [9.17, 15) is 4.79 Å². The van der Waals surface area contributed by atoms with Crippen molar-refractivity contribution in [1.29, 1.82) is 0 Å². The second kappa shape index (κ2) is 4.37. The molecule has 1 aliphatic rings. The van der Waals surface area contributed by atoms with E-state index in [-0.39, 0.29) is 5.97 Å². The SMILES string of the molecule is CCOC(=O)C(C)n1c(C2CC2)n[nH]c1=S. The van der Waals surface area contributed by atoms with Crippen LogP contribution < -0.4 is 0 Å². The van der Waals surface area contributed by atoms with Gasteiger partial charge in [0.2, 0.25) is 0 Å². The fraction of sp³-hybridized carbons (Fsp3) is 0.700. The van der Waals surface area contributed by atoms with E-state index in [2.05, 4.69) is 10.2 Å². The molecule has 1 atom stereocenters. The summed E-state index contributed by atoms with van der Waals surface area (Å²) in [5.41, 5.74) is 0. The van der Waals surface area contributed by atoms with E-state index in [1.165, 1.54) is 0 Å². The maximum atomic E-state index is 11.7. The Morgan fingerprint density at radius 2 is 2.44 bits per heavy atom. The highest BCUT2D eigenvalue weighted by Crippen LogP contribution is 2.39. The number of nitrogens with zero attached hydrogens (tertiary/aromatic N) is 2. The molecule has 0 radical (unpaired) electrons.